The number of rotatable bonds is 4. The van der Waals surface area contributed by atoms with Crippen molar-refractivity contribution < 1.29 is 9.66 Å². The van der Waals surface area contributed by atoms with Gasteiger partial charge in [-0.1, -0.05) is 11.8 Å². The maximum atomic E-state index is 10.7. The molecule has 0 atom stereocenters. The van der Waals surface area contributed by atoms with Gasteiger partial charge in [0.25, 0.3) is 5.69 Å². The lowest BCUT2D eigenvalue weighted by Gasteiger charge is -2.05. The topological polar surface area (TPSA) is 76.2 Å². The second-order valence-electron chi connectivity index (χ2n) is 3.83. The smallest absolute Gasteiger partial charge is 0.270 e. The number of benzene rings is 2. The third-order valence-electron chi connectivity index (χ3n) is 2.58. The zero-order valence-corrected chi connectivity index (χ0v) is 11.4. The maximum Gasteiger partial charge on any atom is 0.270 e. The molecule has 20 heavy (non-hydrogen) atoms. The van der Waals surface area contributed by atoms with Gasteiger partial charge in [0.05, 0.1) is 17.6 Å². The first-order valence-corrected chi connectivity index (χ1v) is 6.46. The lowest BCUT2D eigenvalue weighted by molar-refractivity contribution is -0.384. The Hall–Kier alpha value is -2.52. The van der Waals surface area contributed by atoms with Gasteiger partial charge < -0.3 is 4.74 Å². The Bertz CT molecular complexity index is 678. The Morgan fingerprint density at radius 3 is 2.50 bits per heavy atom. The van der Waals surface area contributed by atoms with E-state index in [9.17, 15) is 10.1 Å². The summed E-state index contributed by atoms with van der Waals surface area (Å²) in [5.74, 6) is 0.749. The van der Waals surface area contributed by atoms with E-state index in [1.807, 2.05) is 30.3 Å². The number of methoxy groups -OCH3 is 1. The summed E-state index contributed by atoms with van der Waals surface area (Å²) in [6.45, 7) is 0. The number of nitriles is 1. The highest BCUT2D eigenvalue weighted by Gasteiger charge is 2.11. The molecule has 0 saturated heterocycles. The summed E-state index contributed by atoms with van der Waals surface area (Å²) in [4.78, 5) is 11.8. The van der Waals surface area contributed by atoms with Crippen LogP contribution in [-0.4, -0.2) is 12.0 Å². The standard InChI is InChI=1S/C14H10N2O3S/c1-19-12-3-5-13(6-4-12)20-14-7-2-11(16(17)18)8-10(14)9-15/h2-8H,1H3. The van der Waals surface area contributed by atoms with Crippen LogP contribution in [0.1, 0.15) is 5.56 Å². The highest BCUT2D eigenvalue weighted by atomic mass is 32.2. The molecule has 0 amide bonds. The monoisotopic (exact) mass is 286 g/mol. The van der Waals surface area contributed by atoms with Crippen molar-refractivity contribution in [2.45, 2.75) is 9.79 Å². The molecule has 0 aromatic heterocycles. The number of ether oxygens (including phenoxy) is 1. The average Bonchev–Trinajstić information content (AvgIpc) is 2.48. The highest BCUT2D eigenvalue weighted by Crippen LogP contribution is 2.32. The molecule has 0 aliphatic carbocycles. The summed E-state index contributed by atoms with van der Waals surface area (Å²) in [6, 6.07) is 13.6. The van der Waals surface area contributed by atoms with Crippen LogP contribution in [-0.2, 0) is 0 Å². The largest absolute Gasteiger partial charge is 0.497 e. The number of hydrogen-bond donors (Lipinski definition) is 0. The number of non-ortho nitro benzene ring substituents is 1. The second-order valence-corrected chi connectivity index (χ2v) is 4.94. The third-order valence-corrected chi connectivity index (χ3v) is 3.67. The van der Waals surface area contributed by atoms with E-state index >= 15 is 0 Å². The summed E-state index contributed by atoms with van der Waals surface area (Å²) < 4.78 is 5.07. The van der Waals surface area contributed by atoms with Gasteiger partial charge in [-0.2, -0.15) is 5.26 Å². The Morgan fingerprint density at radius 1 is 1.25 bits per heavy atom. The molecule has 2 aromatic carbocycles. The van der Waals surface area contributed by atoms with Crippen molar-refractivity contribution in [2.24, 2.45) is 0 Å². The molecule has 2 rings (SSSR count). The Balaban J connectivity index is 2.28. The van der Waals surface area contributed by atoms with Crippen molar-refractivity contribution in [3.05, 3.63) is 58.1 Å². The van der Waals surface area contributed by atoms with Gasteiger partial charge in [-0.3, -0.25) is 10.1 Å². The first kappa shape index (κ1) is 13.9. The van der Waals surface area contributed by atoms with Gasteiger partial charge in [-0.15, -0.1) is 0 Å². The fourth-order valence-electron chi connectivity index (χ4n) is 1.58. The first-order valence-electron chi connectivity index (χ1n) is 5.64. The van der Waals surface area contributed by atoms with Gasteiger partial charge in [-0.05, 0) is 30.3 Å². The zero-order chi connectivity index (χ0) is 14.5. The van der Waals surface area contributed by atoms with E-state index in [1.54, 1.807) is 13.2 Å². The van der Waals surface area contributed by atoms with E-state index in [4.69, 9.17) is 10.00 Å². The van der Waals surface area contributed by atoms with Crippen LogP contribution in [0.25, 0.3) is 0 Å². The maximum absolute atomic E-state index is 10.7. The molecule has 6 heteroatoms. The van der Waals surface area contributed by atoms with Gasteiger partial charge in [0.1, 0.15) is 11.8 Å². The normalized spacial score (nSPS) is 9.80. The van der Waals surface area contributed by atoms with Crippen LogP contribution in [0.3, 0.4) is 0 Å². The minimum absolute atomic E-state index is 0.0827. The number of nitrogens with zero attached hydrogens (tertiary/aromatic N) is 2. The van der Waals surface area contributed by atoms with E-state index < -0.39 is 4.92 Å². The molecule has 0 unspecified atom stereocenters. The lowest BCUT2D eigenvalue weighted by atomic mass is 10.2. The number of nitro benzene ring substituents is 1. The van der Waals surface area contributed by atoms with E-state index in [1.165, 1.54) is 23.9 Å². The summed E-state index contributed by atoms with van der Waals surface area (Å²) in [5, 5.41) is 19.8. The molecule has 0 N–H and O–H groups in total. The minimum atomic E-state index is -0.511. The molecule has 0 radical (unpaired) electrons. The minimum Gasteiger partial charge on any atom is -0.497 e. The molecule has 0 aliphatic heterocycles. The van der Waals surface area contributed by atoms with E-state index in [2.05, 4.69) is 0 Å². The molecule has 0 fully saturated rings. The second kappa shape index (κ2) is 6.08. The Morgan fingerprint density at radius 2 is 1.95 bits per heavy atom. The molecule has 0 bridgehead atoms. The number of nitro groups is 1. The SMILES string of the molecule is COc1ccc(Sc2ccc([N+](=O)[O-])cc2C#N)cc1. The zero-order valence-electron chi connectivity index (χ0n) is 10.6. The molecular weight excluding hydrogens is 276 g/mol. The molecule has 2 aromatic rings. The lowest BCUT2D eigenvalue weighted by Crippen LogP contribution is -1.90. The van der Waals surface area contributed by atoms with Crippen LogP contribution in [0, 0.1) is 21.4 Å². The summed E-state index contributed by atoms with van der Waals surface area (Å²) in [5.41, 5.74) is 0.209. The first-order chi connectivity index (χ1) is 9.63. The van der Waals surface area contributed by atoms with Crippen molar-refractivity contribution in [1.82, 2.24) is 0 Å². The molecule has 5 nitrogen and oxygen atoms in total. The third kappa shape index (κ3) is 3.08. The average molecular weight is 286 g/mol. The summed E-state index contributed by atoms with van der Waals surface area (Å²) in [7, 11) is 1.59. The van der Waals surface area contributed by atoms with Gasteiger partial charge in [0.2, 0.25) is 0 Å². The van der Waals surface area contributed by atoms with Crippen molar-refractivity contribution in [2.75, 3.05) is 7.11 Å². The van der Waals surface area contributed by atoms with Gasteiger partial charge in [-0.25, -0.2) is 0 Å². The molecule has 0 saturated carbocycles. The van der Waals surface area contributed by atoms with Gasteiger partial charge >= 0.3 is 0 Å². The summed E-state index contributed by atoms with van der Waals surface area (Å²) in [6.07, 6.45) is 0. The van der Waals surface area contributed by atoms with Crippen LogP contribution in [0.4, 0.5) is 5.69 Å². The Kier molecular flexibility index (Phi) is 4.23. The molecule has 100 valence electrons. The van der Waals surface area contributed by atoms with Crippen molar-refractivity contribution in [3.8, 4) is 11.8 Å². The van der Waals surface area contributed by atoms with Gasteiger partial charge in [0, 0.05) is 21.9 Å². The van der Waals surface area contributed by atoms with Crippen LogP contribution < -0.4 is 4.74 Å². The fraction of sp³-hybridized carbons (Fsp3) is 0.0714. The summed E-state index contributed by atoms with van der Waals surface area (Å²) >= 11 is 1.38. The molecule has 0 aliphatic rings. The van der Waals surface area contributed by atoms with Crippen LogP contribution in [0.2, 0.25) is 0 Å². The van der Waals surface area contributed by atoms with E-state index in [0.717, 1.165) is 10.6 Å². The fourth-order valence-corrected chi connectivity index (χ4v) is 2.46. The van der Waals surface area contributed by atoms with Crippen molar-refractivity contribution in [1.29, 1.82) is 5.26 Å². The van der Waals surface area contributed by atoms with E-state index in [0.29, 0.717) is 10.5 Å². The predicted octanol–water partition coefficient (Wildman–Crippen LogP) is 3.63. The highest BCUT2D eigenvalue weighted by molar-refractivity contribution is 7.99. The Labute approximate surface area is 120 Å². The van der Waals surface area contributed by atoms with Crippen LogP contribution in [0.15, 0.2) is 52.3 Å². The van der Waals surface area contributed by atoms with Crippen molar-refractivity contribution in [3.63, 3.8) is 0 Å². The van der Waals surface area contributed by atoms with Crippen molar-refractivity contribution >= 4 is 17.4 Å². The predicted molar refractivity (Wildman–Crippen MR) is 74.9 cm³/mol. The molecular formula is C14H10N2O3S. The van der Waals surface area contributed by atoms with Crippen LogP contribution in [0.5, 0.6) is 5.75 Å². The quantitative estimate of drug-likeness (QED) is 0.633. The van der Waals surface area contributed by atoms with Gasteiger partial charge in [0.15, 0.2) is 0 Å². The molecule has 0 heterocycles. The van der Waals surface area contributed by atoms with E-state index in [-0.39, 0.29) is 5.69 Å². The number of hydrogen-bond acceptors (Lipinski definition) is 5. The molecule has 0 spiro atoms. The van der Waals surface area contributed by atoms with Crippen LogP contribution >= 0.6 is 11.8 Å².